The summed E-state index contributed by atoms with van der Waals surface area (Å²) >= 11 is 1.75. The molecule has 1 saturated carbocycles. The molecule has 114 valence electrons. The second-order valence-electron chi connectivity index (χ2n) is 5.43. The minimum Gasteiger partial charge on any atom is -0.313 e. The number of rotatable bonds is 9. The Balaban J connectivity index is 2.10. The molecule has 1 fully saturated rings. The lowest BCUT2D eigenvalue weighted by molar-refractivity contribution is 0.464. The molecule has 0 spiro atoms. The summed E-state index contributed by atoms with van der Waals surface area (Å²) in [6.45, 7) is 7.56. The van der Waals surface area contributed by atoms with Gasteiger partial charge in [-0.05, 0) is 32.2 Å². The van der Waals surface area contributed by atoms with Crippen LogP contribution >= 0.6 is 11.8 Å². The van der Waals surface area contributed by atoms with E-state index in [1.807, 2.05) is 4.57 Å². The minimum absolute atomic E-state index is 0.0552. The molecule has 2 rings (SSSR count). The van der Waals surface area contributed by atoms with Crippen molar-refractivity contribution in [1.82, 2.24) is 20.1 Å². The molecule has 1 aliphatic rings. The molecule has 1 heterocycles. The third-order valence-corrected chi connectivity index (χ3v) is 5.22. The second kappa shape index (κ2) is 7.31. The van der Waals surface area contributed by atoms with Crippen LogP contribution in [-0.2, 0) is 0 Å². The van der Waals surface area contributed by atoms with Gasteiger partial charge in [0, 0.05) is 17.3 Å². The SMILES string of the molecule is CCCC(NCC)C(CC)Sc1n[nH]c(=O)n1C1CC1. The van der Waals surface area contributed by atoms with Gasteiger partial charge in [-0.2, -0.15) is 0 Å². The van der Waals surface area contributed by atoms with Crippen molar-refractivity contribution in [3.63, 3.8) is 0 Å². The average molecular weight is 298 g/mol. The van der Waals surface area contributed by atoms with Crippen LogP contribution in [0.25, 0.3) is 0 Å². The van der Waals surface area contributed by atoms with E-state index in [4.69, 9.17) is 0 Å². The van der Waals surface area contributed by atoms with Gasteiger partial charge in [0.1, 0.15) is 0 Å². The predicted octanol–water partition coefficient (Wildman–Crippen LogP) is 2.56. The minimum atomic E-state index is -0.0552. The first-order valence-corrected chi connectivity index (χ1v) is 8.66. The molecular weight excluding hydrogens is 272 g/mol. The van der Waals surface area contributed by atoms with E-state index in [1.165, 1.54) is 6.42 Å². The standard InChI is InChI=1S/C14H26N4OS/c1-4-7-11(15-6-3)12(5-2)20-14-17-16-13(19)18(14)10-8-9-10/h10-12,15H,4-9H2,1-3H3,(H,16,19). The van der Waals surface area contributed by atoms with E-state index in [0.717, 1.165) is 37.4 Å². The quantitative estimate of drug-likeness (QED) is 0.688. The Morgan fingerprint density at radius 2 is 2.20 bits per heavy atom. The number of thioether (sulfide) groups is 1. The molecule has 0 aliphatic heterocycles. The van der Waals surface area contributed by atoms with Crippen LogP contribution in [0, 0.1) is 0 Å². The zero-order valence-corrected chi connectivity index (χ0v) is 13.5. The maximum Gasteiger partial charge on any atom is 0.344 e. The van der Waals surface area contributed by atoms with Crippen LogP contribution in [0.3, 0.4) is 0 Å². The molecule has 5 nitrogen and oxygen atoms in total. The summed E-state index contributed by atoms with van der Waals surface area (Å²) in [4.78, 5) is 11.8. The summed E-state index contributed by atoms with van der Waals surface area (Å²) in [6.07, 6.45) is 5.63. The number of aromatic amines is 1. The number of aromatic nitrogens is 3. The molecule has 0 aromatic carbocycles. The Morgan fingerprint density at radius 1 is 1.45 bits per heavy atom. The van der Waals surface area contributed by atoms with Gasteiger partial charge in [-0.3, -0.25) is 4.57 Å². The number of H-pyrrole nitrogens is 1. The van der Waals surface area contributed by atoms with Crippen molar-refractivity contribution in [1.29, 1.82) is 0 Å². The highest BCUT2D eigenvalue weighted by molar-refractivity contribution is 7.99. The van der Waals surface area contributed by atoms with Gasteiger partial charge in [-0.15, -0.1) is 5.10 Å². The molecule has 1 aliphatic carbocycles. The first-order chi connectivity index (χ1) is 9.71. The summed E-state index contributed by atoms with van der Waals surface area (Å²) in [5.41, 5.74) is -0.0552. The molecule has 0 bridgehead atoms. The fourth-order valence-corrected chi connectivity index (χ4v) is 3.88. The number of hydrogen-bond donors (Lipinski definition) is 2. The Hall–Kier alpha value is -0.750. The van der Waals surface area contributed by atoms with Gasteiger partial charge in [-0.1, -0.05) is 39.0 Å². The van der Waals surface area contributed by atoms with Gasteiger partial charge in [0.15, 0.2) is 5.16 Å². The van der Waals surface area contributed by atoms with Crippen molar-refractivity contribution in [3.05, 3.63) is 10.5 Å². The Bertz CT molecular complexity index is 460. The largest absolute Gasteiger partial charge is 0.344 e. The molecular formula is C14H26N4OS. The fourth-order valence-electron chi connectivity index (χ4n) is 2.61. The third kappa shape index (κ3) is 3.67. The van der Waals surface area contributed by atoms with Crippen LogP contribution in [0.1, 0.15) is 58.9 Å². The Kier molecular flexibility index (Phi) is 5.72. The van der Waals surface area contributed by atoms with Crippen LogP contribution in [-0.4, -0.2) is 32.6 Å². The predicted molar refractivity (Wildman–Crippen MR) is 83.4 cm³/mol. The van der Waals surface area contributed by atoms with Gasteiger partial charge in [0.2, 0.25) is 0 Å². The van der Waals surface area contributed by atoms with Crippen molar-refractivity contribution in [3.8, 4) is 0 Å². The van der Waals surface area contributed by atoms with Gasteiger partial charge in [0.05, 0.1) is 0 Å². The van der Waals surface area contributed by atoms with Gasteiger partial charge in [0.25, 0.3) is 0 Å². The van der Waals surface area contributed by atoms with Crippen molar-refractivity contribution in [2.24, 2.45) is 0 Å². The number of nitrogens with zero attached hydrogens (tertiary/aromatic N) is 2. The monoisotopic (exact) mass is 298 g/mol. The van der Waals surface area contributed by atoms with Gasteiger partial charge in [-0.25, -0.2) is 9.89 Å². The first kappa shape index (κ1) is 15.6. The van der Waals surface area contributed by atoms with Crippen molar-refractivity contribution < 1.29 is 0 Å². The Morgan fingerprint density at radius 3 is 2.75 bits per heavy atom. The molecule has 0 radical (unpaired) electrons. The molecule has 0 saturated heterocycles. The van der Waals surface area contributed by atoms with E-state index in [9.17, 15) is 4.79 Å². The molecule has 1 aromatic heterocycles. The lowest BCUT2D eigenvalue weighted by Crippen LogP contribution is -2.38. The first-order valence-electron chi connectivity index (χ1n) is 7.78. The smallest absolute Gasteiger partial charge is 0.313 e. The van der Waals surface area contributed by atoms with Crippen LogP contribution in [0.4, 0.5) is 0 Å². The topological polar surface area (TPSA) is 62.7 Å². The molecule has 2 atom stereocenters. The van der Waals surface area contributed by atoms with E-state index >= 15 is 0 Å². The van der Waals surface area contributed by atoms with E-state index in [-0.39, 0.29) is 5.69 Å². The maximum atomic E-state index is 11.8. The molecule has 1 aromatic rings. The number of hydrogen-bond acceptors (Lipinski definition) is 4. The highest BCUT2D eigenvalue weighted by atomic mass is 32.2. The summed E-state index contributed by atoms with van der Waals surface area (Å²) in [6, 6.07) is 0.865. The molecule has 20 heavy (non-hydrogen) atoms. The third-order valence-electron chi connectivity index (χ3n) is 3.76. The van der Waals surface area contributed by atoms with Gasteiger partial charge < -0.3 is 5.32 Å². The van der Waals surface area contributed by atoms with Crippen molar-refractivity contribution in [2.75, 3.05) is 6.54 Å². The van der Waals surface area contributed by atoms with E-state index in [1.54, 1.807) is 11.8 Å². The zero-order valence-electron chi connectivity index (χ0n) is 12.7. The van der Waals surface area contributed by atoms with Gasteiger partial charge >= 0.3 is 5.69 Å². The average Bonchev–Trinajstić information content (AvgIpc) is 3.20. The number of nitrogens with one attached hydrogen (secondary N) is 2. The summed E-state index contributed by atoms with van der Waals surface area (Å²) in [5.74, 6) is 0. The molecule has 2 N–H and O–H groups in total. The molecule has 0 amide bonds. The molecule has 6 heteroatoms. The van der Waals surface area contributed by atoms with E-state index in [0.29, 0.717) is 17.3 Å². The summed E-state index contributed by atoms with van der Waals surface area (Å²) < 4.78 is 1.85. The van der Waals surface area contributed by atoms with Crippen molar-refractivity contribution in [2.45, 2.75) is 75.4 Å². The highest BCUT2D eigenvalue weighted by Gasteiger charge is 2.30. The highest BCUT2D eigenvalue weighted by Crippen LogP contribution is 2.37. The second-order valence-corrected chi connectivity index (χ2v) is 6.64. The summed E-state index contributed by atoms with van der Waals surface area (Å²) in [7, 11) is 0. The fraction of sp³-hybridized carbons (Fsp3) is 0.857. The lowest BCUT2D eigenvalue weighted by Gasteiger charge is -2.26. The lowest BCUT2D eigenvalue weighted by atomic mass is 10.1. The summed E-state index contributed by atoms with van der Waals surface area (Å²) in [5, 5.41) is 11.7. The van der Waals surface area contributed by atoms with E-state index < -0.39 is 0 Å². The van der Waals surface area contributed by atoms with Crippen molar-refractivity contribution >= 4 is 11.8 Å². The van der Waals surface area contributed by atoms with Crippen LogP contribution in [0.5, 0.6) is 0 Å². The zero-order chi connectivity index (χ0) is 14.5. The maximum absolute atomic E-state index is 11.8. The normalized spacial score (nSPS) is 18.1. The molecule has 2 unspecified atom stereocenters. The Labute approximate surface area is 124 Å². The van der Waals surface area contributed by atoms with Crippen LogP contribution in [0.15, 0.2) is 9.95 Å². The van der Waals surface area contributed by atoms with E-state index in [2.05, 4.69) is 36.3 Å². The van der Waals surface area contributed by atoms with Crippen LogP contribution < -0.4 is 11.0 Å². The van der Waals surface area contributed by atoms with Crippen LogP contribution in [0.2, 0.25) is 0 Å².